The molecule has 0 bridgehead atoms. The highest BCUT2D eigenvalue weighted by Crippen LogP contribution is 2.31. The molecule has 0 fully saturated rings. The summed E-state index contributed by atoms with van der Waals surface area (Å²) in [7, 11) is 0. The van der Waals surface area contributed by atoms with Crippen LogP contribution in [0.3, 0.4) is 0 Å². The predicted octanol–water partition coefficient (Wildman–Crippen LogP) is 4.43. The van der Waals surface area contributed by atoms with Crippen molar-refractivity contribution in [1.82, 2.24) is 14.6 Å². The molecule has 1 aromatic carbocycles. The maximum Gasteiger partial charge on any atom is 0.416 e. The van der Waals surface area contributed by atoms with Gasteiger partial charge in [-0.25, -0.2) is 14.3 Å². The zero-order valence-electron chi connectivity index (χ0n) is 13.2. The molecule has 1 amide bonds. The first kappa shape index (κ1) is 17.2. The monoisotopic (exact) mass is 370 g/mol. The summed E-state index contributed by atoms with van der Waals surface area (Å²) in [5.41, 5.74) is -0.0528. The van der Waals surface area contributed by atoms with Gasteiger partial charge in [0, 0.05) is 5.69 Å². The van der Waals surface area contributed by atoms with Gasteiger partial charge in [-0.2, -0.15) is 18.3 Å². The average Bonchev–Trinajstić information content (AvgIpc) is 3.10. The Labute approximate surface area is 144 Å². The normalized spacial score (nSPS) is 13.0. The zero-order chi connectivity index (χ0) is 18.2. The summed E-state index contributed by atoms with van der Waals surface area (Å²) in [4.78, 5) is 17.5. The molecule has 0 aliphatic rings. The number of anilines is 1. The Hall–Kier alpha value is -2.62. The van der Waals surface area contributed by atoms with E-state index in [1.165, 1.54) is 29.8 Å². The van der Waals surface area contributed by atoms with Gasteiger partial charge in [-0.05, 0) is 32.0 Å². The summed E-state index contributed by atoms with van der Waals surface area (Å²) in [6, 6.07) is 4.35. The number of ether oxygens (including phenoxy) is 1. The van der Waals surface area contributed by atoms with Gasteiger partial charge in [0.2, 0.25) is 4.96 Å². The molecule has 0 saturated heterocycles. The molecule has 6 nitrogen and oxygen atoms in total. The van der Waals surface area contributed by atoms with Crippen molar-refractivity contribution in [1.29, 1.82) is 0 Å². The van der Waals surface area contributed by atoms with Crippen molar-refractivity contribution in [2.24, 2.45) is 0 Å². The molecule has 0 aliphatic carbocycles. The quantitative estimate of drug-likeness (QED) is 0.741. The lowest BCUT2D eigenvalue weighted by Crippen LogP contribution is -2.16. The first-order valence-corrected chi connectivity index (χ1v) is 8.01. The maximum atomic E-state index is 12.7. The van der Waals surface area contributed by atoms with Crippen molar-refractivity contribution >= 4 is 28.1 Å². The number of aryl methyl sites for hydroxylation is 1. The molecule has 1 unspecified atom stereocenters. The van der Waals surface area contributed by atoms with Crippen LogP contribution in [0.5, 0.6) is 0 Å². The molecule has 0 saturated carbocycles. The second kappa shape index (κ2) is 6.36. The van der Waals surface area contributed by atoms with Crippen LogP contribution in [0.25, 0.3) is 4.96 Å². The van der Waals surface area contributed by atoms with Crippen molar-refractivity contribution in [2.75, 3.05) is 5.32 Å². The van der Waals surface area contributed by atoms with Crippen molar-refractivity contribution < 1.29 is 22.7 Å². The number of hydrogen-bond donors (Lipinski definition) is 1. The van der Waals surface area contributed by atoms with Crippen molar-refractivity contribution in [3.8, 4) is 0 Å². The smallest absolute Gasteiger partial charge is 0.416 e. The summed E-state index contributed by atoms with van der Waals surface area (Å²) in [6.45, 7) is 3.49. The number of fused-ring (bicyclic) bond motifs is 1. The number of amides is 1. The molecule has 3 aromatic rings. The number of hydrogen-bond acceptors (Lipinski definition) is 5. The van der Waals surface area contributed by atoms with E-state index in [2.05, 4.69) is 15.4 Å². The number of benzene rings is 1. The average molecular weight is 370 g/mol. The Balaban J connectivity index is 1.70. The van der Waals surface area contributed by atoms with Crippen LogP contribution in [-0.2, 0) is 10.9 Å². The lowest BCUT2D eigenvalue weighted by Gasteiger charge is -2.14. The molecule has 1 atom stereocenters. The van der Waals surface area contributed by atoms with Crippen LogP contribution in [0, 0.1) is 6.92 Å². The largest absolute Gasteiger partial charge is 0.440 e. The van der Waals surface area contributed by atoms with Gasteiger partial charge in [-0.3, -0.25) is 5.32 Å². The Kier molecular flexibility index (Phi) is 4.38. The number of rotatable bonds is 3. The molecule has 0 aliphatic heterocycles. The van der Waals surface area contributed by atoms with E-state index in [-0.39, 0.29) is 5.69 Å². The lowest BCUT2D eigenvalue weighted by atomic mass is 10.2. The van der Waals surface area contributed by atoms with Crippen LogP contribution in [0.4, 0.5) is 23.7 Å². The van der Waals surface area contributed by atoms with E-state index in [0.717, 1.165) is 22.7 Å². The molecule has 0 radical (unpaired) electrons. The van der Waals surface area contributed by atoms with Crippen LogP contribution in [-0.4, -0.2) is 20.7 Å². The second-order valence-corrected chi connectivity index (χ2v) is 6.27. The molecule has 2 heterocycles. The van der Waals surface area contributed by atoms with Gasteiger partial charge in [0.25, 0.3) is 0 Å². The number of aromatic nitrogens is 3. The highest BCUT2D eigenvalue weighted by atomic mass is 32.1. The van der Waals surface area contributed by atoms with Gasteiger partial charge in [0.05, 0.1) is 16.1 Å². The number of carbonyl (C=O) groups excluding carboxylic acids is 1. The summed E-state index contributed by atoms with van der Waals surface area (Å²) in [6.07, 6.45) is -4.50. The molecule has 2 aromatic heterocycles. The molecule has 0 spiro atoms. The topological polar surface area (TPSA) is 68.5 Å². The van der Waals surface area contributed by atoms with Crippen LogP contribution >= 0.6 is 11.3 Å². The maximum absolute atomic E-state index is 12.7. The fourth-order valence-electron chi connectivity index (χ4n) is 2.32. The third-order valence-electron chi connectivity index (χ3n) is 3.48. The van der Waals surface area contributed by atoms with Gasteiger partial charge in [-0.1, -0.05) is 17.4 Å². The van der Waals surface area contributed by atoms with E-state index in [1.54, 1.807) is 11.4 Å². The minimum Gasteiger partial charge on any atom is -0.440 e. The molecule has 10 heteroatoms. The van der Waals surface area contributed by atoms with E-state index in [4.69, 9.17) is 4.74 Å². The lowest BCUT2D eigenvalue weighted by molar-refractivity contribution is -0.137. The van der Waals surface area contributed by atoms with Gasteiger partial charge < -0.3 is 4.74 Å². The fourth-order valence-corrected chi connectivity index (χ4v) is 3.33. The number of thiazole rings is 1. The van der Waals surface area contributed by atoms with E-state index in [1.807, 2.05) is 6.92 Å². The summed E-state index contributed by atoms with van der Waals surface area (Å²) < 4.78 is 45.0. The minimum absolute atomic E-state index is 0.00592. The minimum atomic E-state index is -4.48. The third-order valence-corrected chi connectivity index (χ3v) is 4.79. The van der Waals surface area contributed by atoms with E-state index in [9.17, 15) is 18.0 Å². The van der Waals surface area contributed by atoms with Crippen molar-refractivity contribution in [3.05, 3.63) is 46.7 Å². The van der Waals surface area contributed by atoms with E-state index >= 15 is 0 Å². The van der Waals surface area contributed by atoms with E-state index < -0.39 is 23.9 Å². The van der Waals surface area contributed by atoms with Gasteiger partial charge in [-0.15, -0.1) is 0 Å². The fraction of sp³-hybridized carbons (Fsp3) is 0.267. The second-order valence-electron chi connectivity index (χ2n) is 5.26. The number of carbonyl (C=O) groups is 1. The van der Waals surface area contributed by atoms with Crippen LogP contribution in [0.1, 0.15) is 29.2 Å². The van der Waals surface area contributed by atoms with Crippen LogP contribution in [0.15, 0.2) is 30.6 Å². The molecule has 25 heavy (non-hydrogen) atoms. The first-order chi connectivity index (χ1) is 11.8. The van der Waals surface area contributed by atoms with E-state index in [0.29, 0.717) is 4.96 Å². The number of nitrogens with one attached hydrogen (secondary N) is 1. The zero-order valence-corrected chi connectivity index (χ0v) is 14.0. The number of halogens is 3. The SMILES string of the molecule is Cc1c(C(C)OC(=O)Nc2cccc(C(F)(F)F)c2)sc2ncnn12. The summed E-state index contributed by atoms with van der Waals surface area (Å²) in [5, 5.41) is 6.36. The Bertz CT molecular complexity index is 919. The van der Waals surface area contributed by atoms with Gasteiger partial charge in [0.15, 0.2) is 0 Å². The first-order valence-electron chi connectivity index (χ1n) is 7.19. The molecular formula is C15H13F3N4O2S. The summed E-state index contributed by atoms with van der Waals surface area (Å²) >= 11 is 1.33. The predicted molar refractivity (Wildman–Crippen MR) is 85.6 cm³/mol. The molecule has 1 N–H and O–H groups in total. The van der Waals surface area contributed by atoms with Crippen LogP contribution < -0.4 is 5.32 Å². The highest BCUT2D eigenvalue weighted by Gasteiger charge is 2.30. The van der Waals surface area contributed by atoms with Crippen molar-refractivity contribution in [2.45, 2.75) is 26.1 Å². The molecular weight excluding hydrogens is 357 g/mol. The molecule has 132 valence electrons. The molecule has 3 rings (SSSR count). The van der Waals surface area contributed by atoms with Crippen LogP contribution in [0.2, 0.25) is 0 Å². The standard InChI is InChI=1S/C15H13F3N4O2S/c1-8-12(25-13-19-7-20-22(8)13)9(2)24-14(23)21-11-5-3-4-10(6-11)15(16,17)18/h3-7,9H,1-2H3,(H,21,23). The third kappa shape index (κ3) is 3.58. The highest BCUT2D eigenvalue weighted by molar-refractivity contribution is 7.17. The Morgan fingerprint density at radius 1 is 1.40 bits per heavy atom. The Morgan fingerprint density at radius 3 is 2.84 bits per heavy atom. The summed E-state index contributed by atoms with van der Waals surface area (Å²) in [5.74, 6) is 0. The van der Waals surface area contributed by atoms with Crippen molar-refractivity contribution in [3.63, 3.8) is 0 Å². The van der Waals surface area contributed by atoms with Gasteiger partial charge in [0.1, 0.15) is 12.4 Å². The van der Waals surface area contributed by atoms with Gasteiger partial charge >= 0.3 is 12.3 Å². The number of alkyl halides is 3. The number of nitrogens with zero attached hydrogens (tertiary/aromatic N) is 3. The Morgan fingerprint density at radius 2 is 2.16 bits per heavy atom.